The Hall–Kier alpha value is -1.38. The number of benzene rings is 1. The Morgan fingerprint density at radius 3 is 2.61 bits per heavy atom. The molecule has 0 spiro atoms. The monoisotopic (exact) mass is 247 g/mol. The number of halogens is 1. The number of carbonyl (C=O) groups excluding carboxylic acids is 1. The zero-order chi connectivity index (χ0) is 12.5. The van der Waals surface area contributed by atoms with Crippen molar-refractivity contribution in [3.63, 3.8) is 0 Å². The molecule has 1 amide bonds. The van der Waals surface area contributed by atoms with Gasteiger partial charge in [0.15, 0.2) is 0 Å². The molecular weight excluding hydrogens is 229 g/mol. The van der Waals surface area contributed by atoms with Gasteiger partial charge in [0.2, 0.25) is 0 Å². The zero-order valence-electron chi connectivity index (χ0n) is 10.4. The molecule has 1 heterocycles. The van der Waals surface area contributed by atoms with Crippen molar-refractivity contribution in [2.45, 2.75) is 38.1 Å². The van der Waals surface area contributed by atoms with Crippen LogP contribution in [-0.2, 0) is 0 Å². The maximum atomic E-state index is 12.9. The van der Waals surface area contributed by atoms with Gasteiger partial charge in [-0.3, -0.25) is 4.79 Å². The van der Waals surface area contributed by atoms with Crippen molar-refractivity contribution in [3.8, 4) is 0 Å². The van der Waals surface area contributed by atoms with Crippen molar-refractivity contribution in [3.05, 3.63) is 35.6 Å². The zero-order valence-corrected chi connectivity index (χ0v) is 10.4. The highest BCUT2D eigenvalue weighted by Gasteiger charge is 2.38. The number of amides is 1. The first-order chi connectivity index (χ1) is 8.75. The van der Waals surface area contributed by atoms with E-state index in [1.54, 1.807) is 12.1 Å². The highest BCUT2D eigenvalue weighted by molar-refractivity contribution is 5.94. The van der Waals surface area contributed by atoms with Crippen LogP contribution in [0.3, 0.4) is 0 Å². The SMILES string of the molecule is O=C(c1ccc(F)cc1)N1CCC2CCCCC21. The number of nitrogens with zero attached hydrogens (tertiary/aromatic N) is 1. The molecule has 2 nitrogen and oxygen atoms in total. The molecule has 2 fully saturated rings. The molecule has 96 valence electrons. The van der Waals surface area contributed by atoms with Gasteiger partial charge in [0.1, 0.15) is 5.82 Å². The van der Waals surface area contributed by atoms with Gasteiger partial charge in [-0.05, 0) is 49.4 Å². The highest BCUT2D eigenvalue weighted by Crippen LogP contribution is 2.36. The molecule has 0 aromatic heterocycles. The maximum Gasteiger partial charge on any atom is 0.254 e. The highest BCUT2D eigenvalue weighted by atomic mass is 19.1. The normalized spacial score (nSPS) is 27.1. The Kier molecular flexibility index (Phi) is 3.06. The van der Waals surface area contributed by atoms with Crippen LogP contribution in [0.4, 0.5) is 4.39 Å². The molecular formula is C15H18FNO. The lowest BCUT2D eigenvalue weighted by atomic mass is 9.85. The van der Waals surface area contributed by atoms with E-state index in [1.807, 2.05) is 4.90 Å². The number of hydrogen-bond acceptors (Lipinski definition) is 1. The van der Waals surface area contributed by atoms with E-state index in [0.29, 0.717) is 17.5 Å². The van der Waals surface area contributed by atoms with Gasteiger partial charge in [-0.2, -0.15) is 0 Å². The third kappa shape index (κ3) is 2.02. The van der Waals surface area contributed by atoms with Crippen molar-refractivity contribution >= 4 is 5.91 Å². The molecule has 1 aromatic carbocycles. The second-order valence-corrected chi connectivity index (χ2v) is 5.41. The van der Waals surface area contributed by atoms with Gasteiger partial charge in [0.05, 0.1) is 0 Å². The summed E-state index contributed by atoms with van der Waals surface area (Å²) in [6.07, 6.45) is 6.07. The number of likely N-dealkylation sites (tertiary alicyclic amines) is 1. The van der Waals surface area contributed by atoms with Crippen LogP contribution in [0.25, 0.3) is 0 Å². The van der Waals surface area contributed by atoms with E-state index in [4.69, 9.17) is 0 Å². The van der Waals surface area contributed by atoms with Crippen LogP contribution in [0.15, 0.2) is 24.3 Å². The van der Waals surface area contributed by atoms with Crippen LogP contribution in [0, 0.1) is 11.7 Å². The summed E-state index contributed by atoms with van der Waals surface area (Å²) in [7, 11) is 0. The van der Waals surface area contributed by atoms with E-state index in [2.05, 4.69) is 0 Å². The fourth-order valence-electron chi connectivity index (χ4n) is 3.42. The van der Waals surface area contributed by atoms with Crippen molar-refractivity contribution < 1.29 is 9.18 Å². The van der Waals surface area contributed by atoms with Crippen molar-refractivity contribution in [1.29, 1.82) is 0 Å². The Morgan fingerprint density at radius 1 is 1.11 bits per heavy atom. The molecule has 1 aliphatic carbocycles. The topological polar surface area (TPSA) is 20.3 Å². The van der Waals surface area contributed by atoms with E-state index in [0.717, 1.165) is 19.4 Å². The summed E-state index contributed by atoms with van der Waals surface area (Å²) in [5.74, 6) is 0.482. The van der Waals surface area contributed by atoms with Crippen LogP contribution in [0.5, 0.6) is 0 Å². The fourth-order valence-corrected chi connectivity index (χ4v) is 3.42. The van der Waals surface area contributed by atoms with Crippen LogP contribution in [0.2, 0.25) is 0 Å². The minimum atomic E-state index is -0.288. The minimum Gasteiger partial charge on any atom is -0.335 e. The van der Waals surface area contributed by atoms with Crippen LogP contribution >= 0.6 is 0 Å². The molecule has 1 saturated heterocycles. The first-order valence-electron chi connectivity index (χ1n) is 6.82. The van der Waals surface area contributed by atoms with Crippen molar-refractivity contribution in [2.75, 3.05) is 6.54 Å². The number of rotatable bonds is 1. The van der Waals surface area contributed by atoms with Gasteiger partial charge in [0, 0.05) is 18.2 Å². The van der Waals surface area contributed by atoms with Gasteiger partial charge in [-0.1, -0.05) is 12.8 Å². The third-order valence-electron chi connectivity index (χ3n) is 4.36. The van der Waals surface area contributed by atoms with Gasteiger partial charge >= 0.3 is 0 Å². The van der Waals surface area contributed by atoms with E-state index in [9.17, 15) is 9.18 Å². The molecule has 2 unspecified atom stereocenters. The summed E-state index contributed by atoms with van der Waals surface area (Å²) in [5, 5.41) is 0. The lowest BCUT2D eigenvalue weighted by Gasteiger charge is -2.31. The van der Waals surface area contributed by atoms with Crippen LogP contribution < -0.4 is 0 Å². The molecule has 1 aliphatic heterocycles. The molecule has 2 aliphatic rings. The molecule has 3 heteroatoms. The van der Waals surface area contributed by atoms with Crippen molar-refractivity contribution in [2.24, 2.45) is 5.92 Å². The van der Waals surface area contributed by atoms with E-state index in [1.165, 1.54) is 31.4 Å². The fraction of sp³-hybridized carbons (Fsp3) is 0.533. The van der Waals surface area contributed by atoms with Gasteiger partial charge in [-0.15, -0.1) is 0 Å². The van der Waals surface area contributed by atoms with Gasteiger partial charge in [-0.25, -0.2) is 4.39 Å². The Balaban J connectivity index is 1.78. The first-order valence-corrected chi connectivity index (χ1v) is 6.82. The Morgan fingerprint density at radius 2 is 1.83 bits per heavy atom. The minimum absolute atomic E-state index is 0.0735. The smallest absolute Gasteiger partial charge is 0.254 e. The molecule has 3 rings (SSSR count). The molecule has 0 N–H and O–H groups in total. The summed E-state index contributed by atoms with van der Waals surface area (Å²) in [6, 6.07) is 6.33. The largest absolute Gasteiger partial charge is 0.335 e. The maximum absolute atomic E-state index is 12.9. The second kappa shape index (κ2) is 4.71. The summed E-state index contributed by atoms with van der Waals surface area (Å²) in [5.41, 5.74) is 0.614. The molecule has 0 bridgehead atoms. The average molecular weight is 247 g/mol. The van der Waals surface area contributed by atoms with E-state index in [-0.39, 0.29) is 11.7 Å². The Labute approximate surface area is 107 Å². The lowest BCUT2D eigenvalue weighted by Crippen LogP contribution is -2.39. The van der Waals surface area contributed by atoms with Crippen LogP contribution in [-0.4, -0.2) is 23.4 Å². The summed E-state index contributed by atoms with van der Waals surface area (Å²) >= 11 is 0. The molecule has 18 heavy (non-hydrogen) atoms. The van der Waals surface area contributed by atoms with Gasteiger partial charge < -0.3 is 4.90 Å². The standard InChI is InChI=1S/C15H18FNO/c16-13-7-5-12(6-8-13)15(18)17-10-9-11-3-1-2-4-14(11)17/h5-8,11,14H,1-4,9-10H2. The Bertz CT molecular complexity index is 442. The molecule has 0 radical (unpaired) electrons. The van der Waals surface area contributed by atoms with Crippen LogP contribution in [0.1, 0.15) is 42.5 Å². The molecule has 1 aromatic rings. The number of fused-ring (bicyclic) bond motifs is 1. The quantitative estimate of drug-likeness (QED) is 0.746. The predicted molar refractivity (Wildman–Crippen MR) is 67.8 cm³/mol. The average Bonchev–Trinajstić information content (AvgIpc) is 2.82. The molecule has 1 saturated carbocycles. The van der Waals surface area contributed by atoms with E-state index < -0.39 is 0 Å². The summed E-state index contributed by atoms with van der Waals surface area (Å²) in [6.45, 7) is 0.867. The molecule has 2 atom stereocenters. The summed E-state index contributed by atoms with van der Waals surface area (Å²) in [4.78, 5) is 14.4. The van der Waals surface area contributed by atoms with Crippen molar-refractivity contribution in [1.82, 2.24) is 4.90 Å². The third-order valence-corrected chi connectivity index (χ3v) is 4.36. The lowest BCUT2D eigenvalue weighted by molar-refractivity contribution is 0.0690. The predicted octanol–water partition coefficient (Wildman–Crippen LogP) is 3.23. The second-order valence-electron chi connectivity index (χ2n) is 5.41. The van der Waals surface area contributed by atoms with E-state index >= 15 is 0 Å². The summed E-state index contributed by atoms with van der Waals surface area (Å²) < 4.78 is 12.9. The number of carbonyl (C=O) groups is 1. The first kappa shape index (κ1) is 11.7. The number of hydrogen-bond donors (Lipinski definition) is 0. The van der Waals surface area contributed by atoms with Gasteiger partial charge in [0.25, 0.3) is 5.91 Å².